The fraction of sp³-hybridized carbons (Fsp3) is 0.500. The van der Waals surface area contributed by atoms with Gasteiger partial charge in [0, 0.05) is 6.07 Å². The van der Waals surface area contributed by atoms with Crippen LogP contribution in [0.3, 0.4) is 0 Å². The number of carbonyl (C=O) groups excluding carboxylic acids is 1. The quantitative estimate of drug-likeness (QED) is 0.785. The lowest BCUT2D eigenvalue weighted by molar-refractivity contribution is 0.0961. The summed E-state index contributed by atoms with van der Waals surface area (Å²) < 4.78 is 11.0. The van der Waals surface area contributed by atoms with E-state index in [0.717, 1.165) is 25.2 Å². The molecule has 1 heterocycles. The van der Waals surface area contributed by atoms with Crippen LogP contribution in [0.2, 0.25) is 0 Å². The molecule has 0 saturated heterocycles. The van der Waals surface area contributed by atoms with Crippen molar-refractivity contribution in [3.8, 4) is 11.5 Å². The van der Waals surface area contributed by atoms with Crippen LogP contribution in [-0.4, -0.2) is 19.0 Å². The molecule has 0 fully saturated rings. The second kappa shape index (κ2) is 5.21. The van der Waals surface area contributed by atoms with E-state index in [4.69, 9.17) is 9.47 Å². The van der Waals surface area contributed by atoms with Gasteiger partial charge < -0.3 is 9.47 Å². The molecule has 3 heteroatoms. The summed E-state index contributed by atoms with van der Waals surface area (Å²) in [7, 11) is 0. The molecule has 0 bridgehead atoms. The van der Waals surface area contributed by atoms with Crippen molar-refractivity contribution in [3.63, 3.8) is 0 Å². The van der Waals surface area contributed by atoms with E-state index in [1.807, 2.05) is 12.1 Å². The molecule has 1 aliphatic rings. The van der Waals surface area contributed by atoms with Gasteiger partial charge in [0.05, 0.1) is 12.2 Å². The first kappa shape index (κ1) is 12.0. The molecule has 0 aliphatic carbocycles. The lowest BCUT2D eigenvalue weighted by atomic mass is 10.1. The zero-order chi connectivity index (χ0) is 12.3. The second-order valence-corrected chi connectivity index (χ2v) is 4.36. The average molecular weight is 234 g/mol. The highest BCUT2D eigenvalue weighted by Gasteiger charge is 2.21. The van der Waals surface area contributed by atoms with Crippen LogP contribution in [0.1, 0.15) is 37.0 Å². The van der Waals surface area contributed by atoms with Crippen molar-refractivity contribution in [1.29, 1.82) is 0 Å². The van der Waals surface area contributed by atoms with Crippen molar-refractivity contribution in [2.24, 2.45) is 5.92 Å². The molecule has 1 aromatic carbocycles. The Morgan fingerprint density at radius 1 is 1.35 bits per heavy atom. The van der Waals surface area contributed by atoms with Crippen molar-refractivity contribution in [1.82, 2.24) is 0 Å². The third kappa shape index (κ3) is 2.60. The summed E-state index contributed by atoms with van der Waals surface area (Å²) in [5.74, 6) is 2.07. The molecule has 1 aliphatic heterocycles. The van der Waals surface area contributed by atoms with Gasteiger partial charge in [-0.15, -0.1) is 0 Å². The first-order valence-corrected chi connectivity index (χ1v) is 6.17. The number of ether oxygens (including phenoxy) is 2. The molecule has 0 radical (unpaired) electrons. The van der Waals surface area contributed by atoms with Gasteiger partial charge in [-0.1, -0.05) is 26.7 Å². The Morgan fingerprint density at radius 3 is 2.82 bits per heavy atom. The van der Waals surface area contributed by atoms with E-state index in [-0.39, 0.29) is 12.4 Å². The normalized spacial score (nSPS) is 13.7. The topological polar surface area (TPSA) is 35.5 Å². The lowest BCUT2D eigenvalue weighted by Crippen LogP contribution is -2.10. The summed E-state index contributed by atoms with van der Waals surface area (Å²) in [6.45, 7) is 5.22. The highest BCUT2D eigenvalue weighted by atomic mass is 16.5. The van der Waals surface area contributed by atoms with Gasteiger partial charge in [-0.25, -0.2) is 0 Å². The van der Waals surface area contributed by atoms with Gasteiger partial charge in [0.15, 0.2) is 6.61 Å². The van der Waals surface area contributed by atoms with E-state index in [2.05, 4.69) is 13.8 Å². The van der Waals surface area contributed by atoms with Crippen molar-refractivity contribution in [3.05, 3.63) is 23.8 Å². The SMILES string of the molecule is CCC(CC)COc1ccc2c(c1)OCC2=O. The van der Waals surface area contributed by atoms with Crippen molar-refractivity contribution < 1.29 is 14.3 Å². The largest absolute Gasteiger partial charge is 0.493 e. The summed E-state index contributed by atoms with van der Waals surface area (Å²) in [6, 6.07) is 5.43. The smallest absolute Gasteiger partial charge is 0.203 e. The fourth-order valence-corrected chi connectivity index (χ4v) is 1.90. The number of hydrogen-bond acceptors (Lipinski definition) is 3. The Morgan fingerprint density at radius 2 is 2.12 bits per heavy atom. The zero-order valence-electron chi connectivity index (χ0n) is 10.4. The van der Waals surface area contributed by atoms with E-state index >= 15 is 0 Å². The number of ketones is 1. The maximum atomic E-state index is 11.4. The minimum atomic E-state index is 0.0477. The molecule has 2 rings (SSSR count). The first-order valence-electron chi connectivity index (χ1n) is 6.17. The number of Topliss-reactive ketones (excluding diaryl/α,β-unsaturated/α-hetero) is 1. The Labute approximate surface area is 102 Å². The van der Waals surface area contributed by atoms with Crippen molar-refractivity contribution in [2.45, 2.75) is 26.7 Å². The number of carbonyl (C=O) groups is 1. The molecule has 0 N–H and O–H groups in total. The fourth-order valence-electron chi connectivity index (χ4n) is 1.90. The standard InChI is InChI=1S/C14H18O3/c1-3-10(4-2)8-16-11-5-6-12-13(15)9-17-14(12)7-11/h5-7,10H,3-4,8-9H2,1-2H3. The van der Waals surface area contributed by atoms with E-state index in [9.17, 15) is 4.79 Å². The van der Waals surface area contributed by atoms with Gasteiger partial charge in [0.2, 0.25) is 5.78 Å². The molecule has 0 amide bonds. The molecule has 92 valence electrons. The third-order valence-corrected chi connectivity index (χ3v) is 3.25. The number of rotatable bonds is 5. The predicted octanol–water partition coefficient (Wildman–Crippen LogP) is 3.08. The number of benzene rings is 1. The summed E-state index contributed by atoms with van der Waals surface area (Å²) in [4.78, 5) is 11.4. The monoisotopic (exact) mass is 234 g/mol. The van der Waals surface area contributed by atoms with Crippen molar-refractivity contribution in [2.75, 3.05) is 13.2 Å². The van der Waals surface area contributed by atoms with Crippen molar-refractivity contribution >= 4 is 5.78 Å². The zero-order valence-corrected chi connectivity index (χ0v) is 10.4. The highest BCUT2D eigenvalue weighted by Crippen LogP contribution is 2.29. The molecule has 0 unspecified atom stereocenters. The second-order valence-electron chi connectivity index (χ2n) is 4.36. The molecule has 0 atom stereocenters. The van der Waals surface area contributed by atoms with E-state index in [1.54, 1.807) is 6.07 Å². The molecular formula is C14H18O3. The Hall–Kier alpha value is -1.51. The van der Waals surface area contributed by atoms with Crippen LogP contribution in [0.15, 0.2) is 18.2 Å². The van der Waals surface area contributed by atoms with E-state index in [1.165, 1.54) is 0 Å². The number of fused-ring (bicyclic) bond motifs is 1. The van der Waals surface area contributed by atoms with E-state index in [0.29, 0.717) is 17.2 Å². The van der Waals surface area contributed by atoms with Gasteiger partial charge >= 0.3 is 0 Å². The molecule has 1 aromatic rings. The van der Waals surface area contributed by atoms with Crippen LogP contribution in [0.4, 0.5) is 0 Å². The van der Waals surface area contributed by atoms with Gasteiger partial charge in [-0.3, -0.25) is 4.79 Å². The van der Waals surface area contributed by atoms with Crippen LogP contribution >= 0.6 is 0 Å². The Kier molecular flexibility index (Phi) is 3.67. The number of hydrogen-bond donors (Lipinski definition) is 0. The Bertz CT molecular complexity index is 408. The van der Waals surface area contributed by atoms with Gasteiger partial charge in [0.1, 0.15) is 11.5 Å². The summed E-state index contributed by atoms with van der Waals surface area (Å²) in [5.41, 5.74) is 0.667. The van der Waals surface area contributed by atoms with Crippen LogP contribution < -0.4 is 9.47 Å². The molecule has 3 nitrogen and oxygen atoms in total. The molecule has 0 saturated carbocycles. The first-order chi connectivity index (χ1) is 8.24. The maximum absolute atomic E-state index is 11.4. The van der Waals surface area contributed by atoms with Crippen LogP contribution in [0.5, 0.6) is 11.5 Å². The third-order valence-electron chi connectivity index (χ3n) is 3.25. The van der Waals surface area contributed by atoms with Crippen LogP contribution in [0, 0.1) is 5.92 Å². The summed E-state index contributed by atoms with van der Waals surface area (Å²) in [5, 5.41) is 0. The average Bonchev–Trinajstić information content (AvgIpc) is 2.72. The molecular weight excluding hydrogens is 216 g/mol. The van der Waals surface area contributed by atoms with Gasteiger partial charge in [0.25, 0.3) is 0 Å². The Balaban J connectivity index is 2.01. The molecule has 0 aromatic heterocycles. The van der Waals surface area contributed by atoms with Gasteiger partial charge in [-0.2, -0.15) is 0 Å². The van der Waals surface area contributed by atoms with Gasteiger partial charge in [-0.05, 0) is 18.1 Å². The minimum Gasteiger partial charge on any atom is -0.493 e. The lowest BCUT2D eigenvalue weighted by Gasteiger charge is -2.14. The maximum Gasteiger partial charge on any atom is 0.203 e. The molecule has 0 spiro atoms. The highest BCUT2D eigenvalue weighted by molar-refractivity contribution is 6.02. The molecule has 17 heavy (non-hydrogen) atoms. The van der Waals surface area contributed by atoms with Crippen LogP contribution in [-0.2, 0) is 0 Å². The summed E-state index contributed by atoms with van der Waals surface area (Å²) >= 11 is 0. The summed E-state index contributed by atoms with van der Waals surface area (Å²) in [6.07, 6.45) is 2.24. The van der Waals surface area contributed by atoms with Crippen LogP contribution in [0.25, 0.3) is 0 Å². The predicted molar refractivity (Wildman–Crippen MR) is 65.8 cm³/mol. The minimum absolute atomic E-state index is 0.0477. The van der Waals surface area contributed by atoms with E-state index < -0.39 is 0 Å².